The van der Waals surface area contributed by atoms with Crippen molar-refractivity contribution in [3.63, 3.8) is 0 Å². The van der Waals surface area contributed by atoms with Crippen LogP contribution in [0.1, 0.15) is 0 Å². The quantitative estimate of drug-likeness (QED) is 0.484. The maximum Gasteiger partial charge on any atom is 0.140 e. The molecule has 3 saturated heterocycles. The molecule has 6 nitrogen and oxygen atoms in total. The lowest BCUT2D eigenvalue weighted by Crippen LogP contribution is -2.49. The third-order valence-corrected chi connectivity index (χ3v) is 8.79. The summed E-state index contributed by atoms with van der Waals surface area (Å²) in [6.45, 7) is 5.31. The van der Waals surface area contributed by atoms with Crippen molar-refractivity contribution in [1.29, 1.82) is 0 Å². The number of hydrogen-bond donors (Lipinski definition) is 0. The van der Waals surface area contributed by atoms with Crippen molar-refractivity contribution in [1.82, 2.24) is 12.9 Å². The second-order valence-electron chi connectivity index (χ2n) is 5.07. The highest BCUT2D eigenvalue weighted by Gasteiger charge is 2.30. The van der Waals surface area contributed by atoms with Gasteiger partial charge in [-0.25, -0.2) is 4.31 Å². The van der Waals surface area contributed by atoms with Crippen LogP contribution in [-0.4, -0.2) is 100 Å². The van der Waals surface area contributed by atoms with E-state index in [0.29, 0.717) is 13.1 Å². The first kappa shape index (κ1) is 20.7. The summed E-state index contributed by atoms with van der Waals surface area (Å²) in [6.07, 6.45) is 0. The molecule has 0 saturated carbocycles. The predicted molar refractivity (Wildman–Crippen MR) is 104 cm³/mol. The summed E-state index contributed by atoms with van der Waals surface area (Å²) in [4.78, 5) is 0. The van der Waals surface area contributed by atoms with Gasteiger partial charge in [0, 0.05) is 58.9 Å². The van der Waals surface area contributed by atoms with E-state index in [1.165, 1.54) is 4.31 Å². The lowest BCUT2D eigenvalue weighted by atomic mass is 10.6. The fourth-order valence-corrected chi connectivity index (χ4v) is 7.46. The zero-order valence-electron chi connectivity index (χ0n) is 13.1. The van der Waals surface area contributed by atoms with Crippen LogP contribution in [0, 0.1) is 0 Å². The Morgan fingerprint density at radius 2 is 1.09 bits per heavy atom. The van der Waals surface area contributed by atoms with Gasteiger partial charge >= 0.3 is 0 Å². The minimum atomic E-state index is -1.98. The van der Waals surface area contributed by atoms with Crippen LogP contribution in [0.25, 0.3) is 0 Å². The first-order chi connectivity index (χ1) is 11.2. The van der Waals surface area contributed by atoms with Gasteiger partial charge in [-0.05, 0) is 0 Å². The average molecular weight is 419 g/mol. The first-order valence-electron chi connectivity index (χ1n) is 7.68. The monoisotopic (exact) mass is 418 g/mol. The Morgan fingerprint density at radius 3 is 1.39 bits per heavy atom. The molecule has 3 aliphatic heterocycles. The van der Waals surface area contributed by atoms with Gasteiger partial charge in [0.05, 0.1) is 26.2 Å². The van der Waals surface area contributed by atoms with Crippen molar-refractivity contribution in [3.8, 4) is 0 Å². The lowest BCUT2D eigenvalue weighted by Gasteiger charge is -2.34. The highest BCUT2D eigenvalue weighted by atomic mass is 32.2. The van der Waals surface area contributed by atoms with Gasteiger partial charge in [0.1, 0.15) is 11.5 Å². The number of thioether (sulfide) groups is 3. The minimum Gasteiger partial charge on any atom is -0.760 e. The van der Waals surface area contributed by atoms with Crippen LogP contribution in [-0.2, 0) is 22.8 Å². The van der Waals surface area contributed by atoms with E-state index >= 15 is 0 Å². The Balaban J connectivity index is 0.000000185. The van der Waals surface area contributed by atoms with Gasteiger partial charge in [0.25, 0.3) is 0 Å². The van der Waals surface area contributed by atoms with E-state index in [0.717, 1.165) is 60.7 Å². The van der Waals surface area contributed by atoms with Crippen LogP contribution in [0.4, 0.5) is 0 Å². The van der Waals surface area contributed by atoms with Gasteiger partial charge in [-0.2, -0.15) is 35.3 Å². The van der Waals surface area contributed by atoms with Gasteiger partial charge in [0.2, 0.25) is 0 Å². The molecular weight excluding hydrogens is 394 g/mol. The molecule has 0 aromatic heterocycles. The Bertz CT molecular complexity index is 333. The van der Waals surface area contributed by atoms with Crippen molar-refractivity contribution >= 4 is 58.1 Å². The third kappa shape index (κ3) is 7.63. The molecule has 1 unspecified atom stereocenters. The van der Waals surface area contributed by atoms with E-state index < -0.39 is 22.8 Å². The largest absolute Gasteiger partial charge is 0.760 e. The Kier molecular flexibility index (Phi) is 10.7. The molecule has 3 rings (SSSR count). The zero-order valence-corrected chi connectivity index (χ0v) is 17.2. The fourth-order valence-electron chi connectivity index (χ4n) is 2.26. The Morgan fingerprint density at radius 1 is 0.739 bits per heavy atom. The second kappa shape index (κ2) is 11.9. The molecule has 0 spiro atoms. The van der Waals surface area contributed by atoms with Crippen LogP contribution >= 0.6 is 35.3 Å². The molecule has 3 heterocycles. The summed E-state index contributed by atoms with van der Waals surface area (Å²) in [5.41, 5.74) is 0. The summed E-state index contributed by atoms with van der Waals surface area (Å²) in [5, 5.41) is 0. The van der Waals surface area contributed by atoms with Crippen LogP contribution in [0.2, 0.25) is 0 Å². The number of rotatable bonds is 3. The maximum absolute atomic E-state index is 12.1. The summed E-state index contributed by atoms with van der Waals surface area (Å²) in [5.74, 6) is 6.41. The van der Waals surface area contributed by atoms with Crippen molar-refractivity contribution in [2.24, 2.45) is 0 Å². The van der Waals surface area contributed by atoms with Gasteiger partial charge in [-0.15, -0.1) is 8.61 Å². The number of hydrogen-bond acceptors (Lipinski definition) is 8. The van der Waals surface area contributed by atoms with Gasteiger partial charge in [0.15, 0.2) is 0 Å². The minimum absolute atomic E-state index is 0.681. The van der Waals surface area contributed by atoms with E-state index in [4.69, 9.17) is 0 Å². The highest BCUT2D eigenvalue weighted by Crippen LogP contribution is 2.19. The fraction of sp³-hybridized carbons (Fsp3) is 1.00. The molecule has 3 fully saturated rings. The molecule has 0 amide bonds. The topological polar surface area (TPSA) is 72.9 Å². The van der Waals surface area contributed by atoms with E-state index in [1.807, 2.05) is 23.5 Å². The van der Waals surface area contributed by atoms with E-state index in [2.05, 4.69) is 8.61 Å². The SMILES string of the molecule is O=S([O-])N1CCSCC1.[O-][S+](N1CCSCC1)N1CCSCC1. The summed E-state index contributed by atoms with van der Waals surface area (Å²) >= 11 is 2.89. The normalized spacial score (nSPS) is 26.6. The van der Waals surface area contributed by atoms with Gasteiger partial charge in [-0.3, -0.25) is 4.21 Å². The molecule has 3 aliphatic rings. The Labute approximate surface area is 157 Å². The summed E-state index contributed by atoms with van der Waals surface area (Å²) < 4.78 is 38.3. The van der Waals surface area contributed by atoms with E-state index in [9.17, 15) is 13.3 Å². The molecule has 0 aliphatic carbocycles. The highest BCUT2D eigenvalue weighted by molar-refractivity contribution is 8.00. The summed E-state index contributed by atoms with van der Waals surface area (Å²) in [6, 6.07) is 0. The Hall–Kier alpha value is 1.35. The first-order valence-corrected chi connectivity index (χ1v) is 13.2. The molecular formula is C12H24N3O3S5-. The second-order valence-corrected chi connectivity index (χ2v) is 11.2. The van der Waals surface area contributed by atoms with Crippen molar-refractivity contribution in [2.75, 3.05) is 73.8 Å². The van der Waals surface area contributed by atoms with E-state index in [-0.39, 0.29) is 0 Å². The van der Waals surface area contributed by atoms with Crippen molar-refractivity contribution in [2.45, 2.75) is 0 Å². The zero-order chi connectivity index (χ0) is 16.5. The molecule has 0 N–H and O–H groups in total. The van der Waals surface area contributed by atoms with Crippen LogP contribution < -0.4 is 0 Å². The molecule has 0 aromatic rings. The average Bonchev–Trinajstić information content (AvgIpc) is 2.64. The maximum atomic E-state index is 12.1. The van der Waals surface area contributed by atoms with E-state index in [1.54, 1.807) is 11.8 Å². The lowest BCUT2D eigenvalue weighted by molar-refractivity contribution is 0.363. The standard InChI is InChI=1S/C8H16N2OS3.C4H9NO2S2/c11-14(9-1-5-12-6-2-9)10-3-7-13-8-4-10;6-9(7)5-1-3-8-4-2-5/h1-8H2;1-4H2,(H,6,7)/p-1. The molecule has 11 heteroatoms. The smallest absolute Gasteiger partial charge is 0.140 e. The summed E-state index contributed by atoms with van der Waals surface area (Å²) in [7, 11) is 0. The molecule has 1 atom stereocenters. The van der Waals surface area contributed by atoms with Crippen molar-refractivity contribution in [3.05, 3.63) is 0 Å². The third-order valence-electron chi connectivity index (χ3n) is 3.56. The molecule has 0 aromatic carbocycles. The number of nitrogens with zero attached hydrogens (tertiary/aromatic N) is 3. The molecule has 136 valence electrons. The van der Waals surface area contributed by atoms with Crippen LogP contribution in [0.5, 0.6) is 0 Å². The van der Waals surface area contributed by atoms with Gasteiger partial charge in [-0.1, -0.05) is 0 Å². The van der Waals surface area contributed by atoms with Crippen LogP contribution in [0.3, 0.4) is 0 Å². The van der Waals surface area contributed by atoms with Crippen LogP contribution in [0.15, 0.2) is 0 Å². The molecule has 0 bridgehead atoms. The van der Waals surface area contributed by atoms with Crippen molar-refractivity contribution < 1.29 is 13.3 Å². The van der Waals surface area contributed by atoms with Gasteiger partial charge < -0.3 is 9.11 Å². The predicted octanol–water partition coefficient (Wildman–Crippen LogP) is 0.492. The molecule has 23 heavy (non-hydrogen) atoms. The molecule has 0 radical (unpaired) electrons.